The molecule has 2 aliphatic carbocycles. The molecule has 11 heteroatoms. The van der Waals surface area contributed by atoms with E-state index in [1.807, 2.05) is 41.5 Å². The number of amides is 5. The van der Waals surface area contributed by atoms with Crippen LogP contribution in [0.15, 0.2) is 12.7 Å². The van der Waals surface area contributed by atoms with Gasteiger partial charge in [0.05, 0.1) is 12.1 Å². The third kappa shape index (κ3) is 7.65. The van der Waals surface area contributed by atoms with Crippen LogP contribution in [0.1, 0.15) is 81.1 Å². The van der Waals surface area contributed by atoms with Crippen molar-refractivity contribution in [3.05, 3.63) is 12.7 Å². The molecule has 240 valence electrons. The second-order valence-corrected chi connectivity index (χ2v) is 14.4. The van der Waals surface area contributed by atoms with Crippen LogP contribution in [0.2, 0.25) is 0 Å². The maximum absolute atomic E-state index is 14.2. The number of rotatable bonds is 14. The van der Waals surface area contributed by atoms with Gasteiger partial charge in [-0.05, 0) is 47.8 Å². The molecule has 0 aromatic rings. The molecule has 3 rings (SSSR count). The highest BCUT2D eigenvalue weighted by atomic mass is 16.2. The molecular formula is C32H51N5O6. The van der Waals surface area contributed by atoms with E-state index in [0.29, 0.717) is 13.0 Å². The van der Waals surface area contributed by atoms with Crippen molar-refractivity contribution in [3.8, 4) is 0 Å². The highest BCUT2D eigenvalue weighted by molar-refractivity contribution is 6.38. The zero-order valence-corrected chi connectivity index (χ0v) is 27.0. The summed E-state index contributed by atoms with van der Waals surface area (Å²) >= 11 is 0. The van der Waals surface area contributed by atoms with Gasteiger partial charge in [-0.15, -0.1) is 6.58 Å². The van der Waals surface area contributed by atoms with Crippen molar-refractivity contribution in [3.63, 3.8) is 0 Å². The van der Waals surface area contributed by atoms with Crippen molar-refractivity contribution in [2.24, 2.45) is 34.5 Å². The summed E-state index contributed by atoms with van der Waals surface area (Å²) in [6.07, 6.45) is 3.95. The average Bonchev–Trinajstić information content (AvgIpc) is 3.80. The lowest BCUT2D eigenvalue weighted by Gasteiger charge is -2.38. The fourth-order valence-corrected chi connectivity index (χ4v) is 6.35. The first-order chi connectivity index (χ1) is 20.0. The Kier molecular flexibility index (Phi) is 10.5. The van der Waals surface area contributed by atoms with Crippen LogP contribution in [0, 0.1) is 34.5 Å². The number of hydrogen-bond acceptors (Lipinski definition) is 6. The first-order valence-electron chi connectivity index (χ1n) is 15.6. The molecule has 0 spiro atoms. The summed E-state index contributed by atoms with van der Waals surface area (Å²) in [7, 11) is 0. The fraction of sp³-hybridized carbons (Fsp3) is 0.750. The molecule has 4 N–H and O–H groups in total. The maximum atomic E-state index is 14.2. The third-order valence-electron chi connectivity index (χ3n) is 9.23. The van der Waals surface area contributed by atoms with Crippen molar-refractivity contribution in [1.29, 1.82) is 0 Å². The summed E-state index contributed by atoms with van der Waals surface area (Å²) in [5.74, 6) is -2.60. The lowest BCUT2D eigenvalue weighted by atomic mass is 9.85. The van der Waals surface area contributed by atoms with E-state index in [2.05, 4.69) is 41.7 Å². The van der Waals surface area contributed by atoms with Crippen LogP contribution in [0.4, 0.5) is 4.79 Å². The van der Waals surface area contributed by atoms with Crippen molar-refractivity contribution >= 4 is 35.3 Å². The lowest BCUT2D eigenvalue weighted by molar-refractivity contribution is -0.145. The van der Waals surface area contributed by atoms with Crippen LogP contribution in [0.5, 0.6) is 0 Å². The zero-order chi connectivity index (χ0) is 32.4. The molecule has 1 heterocycles. The summed E-state index contributed by atoms with van der Waals surface area (Å²) < 4.78 is 0. The highest BCUT2D eigenvalue weighted by Crippen LogP contribution is 2.65. The number of piperidine rings is 1. The SMILES string of the molecule is C=CCNC(=O)C(=O)C(CCC)NC(=O)[C@@H]1C2[C@H](CN1C(=O)[C@@H](NC(=O)N[C@H](C(=O)C1CC1)C(C)C)C(C)(C)C)C2(C)C. The second-order valence-electron chi connectivity index (χ2n) is 14.4. The van der Waals surface area contributed by atoms with E-state index in [0.717, 1.165) is 12.8 Å². The van der Waals surface area contributed by atoms with Crippen LogP contribution in [-0.4, -0.2) is 77.5 Å². The minimum atomic E-state index is -1.03. The number of hydrogen-bond donors (Lipinski definition) is 4. The molecular weight excluding hydrogens is 550 g/mol. The van der Waals surface area contributed by atoms with Gasteiger partial charge in [0.15, 0.2) is 5.78 Å². The summed E-state index contributed by atoms with van der Waals surface area (Å²) in [6, 6.07) is -4.13. The molecule has 0 radical (unpaired) electrons. The van der Waals surface area contributed by atoms with Crippen LogP contribution in [0.3, 0.4) is 0 Å². The molecule has 0 bridgehead atoms. The number of fused-ring (bicyclic) bond motifs is 1. The van der Waals surface area contributed by atoms with Crippen molar-refractivity contribution in [2.45, 2.75) is 105 Å². The molecule has 43 heavy (non-hydrogen) atoms. The van der Waals surface area contributed by atoms with Gasteiger partial charge in [-0.1, -0.05) is 67.9 Å². The van der Waals surface area contributed by atoms with Crippen molar-refractivity contribution in [1.82, 2.24) is 26.2 Å². The number of nitrogens with zero attached hydrogens (tertiary/aromatic N) is 1. The first kappa shape index (κ1) is 34.3. The molecule has 0 aromatic carbocycles. The van der Waals surface area contributed by atoms with Gasteiger partial charge in [-0.2, -0.15) is 0 Å². The monoisotopic (exact) mass is 601 g/mol. The molecule has 1 aliphatic heterocycles. The quantitative estimate of drug-likeness (QED) is 0.177. The van der Waals surface area contributed by atoms with E-state index in [9.17, 15) is 28.8 Å². The van der Waals surface area contributed by atoms with Gasteiger partial charge < -0.3 is 26.2 Å². The molecule has 2 saturated carbocycles. The van der Waals surface area contributed by atoms with E-state index < -0.39 is 59.1 Å². The largest absolute Gasteiger partial charge is 0.346 e. The molecule has 0 aromatic heterocycles. The van der Waals surface area contributed by atoms with Gasteiger partial charge >= 0.3 is 6.03 Å². The van der Waals surface area contributed by atoms with Gasteiger partial charge in [0.25, 0.3) is 5.91 Å². The minimum absolute atomic E-state index is 0.0109. The molecule has 6 atom stereocenters. The van der Waals surface area contributed by atoms with Crippen LogP contribution < -0.4 is 21.3 Å². The van der Waals surface area contributed by atoms with Crippen LogP contribution in [0.25, 0.3) is 0 Å². The predicted molar refractivity (Wildman–Crippen MR) is 163 cm³/mol. The first-order valence-corrected chi connectivity index (χ1v) is 15.6. The standard InChI is InChI=1S/C32H51N5O6/c1-10-12-20(25(39)28(41)33-15-11-2)34-27(40)23-21-19(32(21,8)9)16-37(23)29(42)26(31(5,6)7)36-30(43)35-22(17(3)4)24(38)18-13-14-18/h11,17-23,26H,2,10,12-16H2,1,3-9H3,(H,33,41)(H,34,40)(H2,35,36,43)/t19-,20?,21?,22-,23-,26+/m0/s1. The molecule has 11 nitrogen and oxygen atoms in total. The summed E-state index contributed by atoms with van der Waals surface area (Å²) in [5.41, 5.74) is -0.893. The Morgan fingerprint density at radius 3 is 2.16 bits per heavy atom. The van der Waals surface area contributed by atoms with E-state index in [-0.39, 0.29) is 47.8 Å². The number of likely N-dealkylation sites (tertiary alicyclic amines) is 1. The topological polar surface area (TPSA) is 154 Å². The highest BCUT2D eigenvalue weighted by Gasteiger charge is 2.70. The second kappa shape index (κ2) is 13.2. The minimum Gasteiger partial charge on any atom is -0.346 e. The van der Waals surface area contributed by atoms with Gasteiger partial charge in [0.1, 0.15) is 12.1 Å². The predicted octanol–water partition coefficient (Wildman–Crippen LogP) is 2.34. The van der Waals surface area contributed by atoms with Crippen LogP contribution >= 0.6 is 0 Å². The number of nitrogens with one attached hydrogen (secondary N) is 4. The fourth-order valence-electron chi connectivity index (χ4n) is 6.35. The summed E-state index contributed by atoms with van der Waals surface area (Å²) in [4.78, 5) is 80.8. The third-order valence-corrected chi connectivity index (χ3v) is 9.23. The lowest BCUT2D eigenvalue weighted by Crippen LogP contribution is -2.62. The number of Topliss-reactive ketones (excluding diaryl/α,β-unsaturated/α-hetero) is 2. The van der Waals surface area contributed by atoms with Gasteiger partial charge in [0, 0.05) is 19.0 Å². The Morgan fingerprint density at radius 1 is 1.02 bits per heavy atom. The molecule has 1 saturated heterocycles. The Labute approximate surface area is 255 Å². The van der Waals surface area contributed by atoms with E-state index >= 15 is 0 Å². The average molecular weight is 602 g/mol. The number of urea groups is 1. The van der Waals surface area contributed by atoms with E-state index in [1.165, 1.54) is 11.0 Å². The summed E-state index contributed by atoms with van der Waals surface area (Å²) in [6.45, 7) is 19.2. The van der Waals surface area contributed by atoms with Gasteiger partial charge in [-0.25, -0.2) is 4.79 Å². The van der Waals surface area contributed by atoms with E-state index in [1.54, 1.807) is 0 Å². The molecule has 2 unspecified atom stereocenters. The van der Waals surface area contributed by atoms with Crippen LogP contribution in [-0.2, 0) is 24.0 Å². The number of ketones is 2. The van der Waals surface area contributed by atoms with Crippen molar-refractivity contribution < 1.29 is 28.8 Å². The van der Waals surface area contributed by atoms with E-state index in [4.69, 9.17) is 0 Å². The zero-order valence-electron chi connectivity index (χ0n) is 27.0. The maximum Gasteiger partial charge on any atom is 0.316 e. The molecule has 3 fully saturated rings. The molecule has 3 aliphatic rings. The summed E-state index contributed by atoms with van der Waals surface area (Å²) in [5, 5.41) is 10.9. The Morgan fingerprint density at radius 2 is 1.65 bits per heavy atom. The Hall–Kier alpha value is -3.24. The number of carbonyl (C=O) groups excluding carboxylic acids is 6. The number of carbonyl (C=O) groups is 6. The van der Waals surface area contributed by atoms with Gasteiger partial charge in [-0.3, -0.25) is 24.0 Å². The normalized spacial score (nSPS) is 24.2. The van der Waals surface area contributed by atoms with Crippen molar-refractivity contribution in [2.75, 3.05) is 13.1 Å². The molecule has 5 amide bonds. The van der Waals surface area contributed by atoms with Gasteiger partial charge in [0.2, 0.25) is 17.6 Å². The Balaban J connectivity index is 1.80. The smallest absolute Gasteiger partial charge is 0.316 e. The Bertz CT molecular complexity index is 1140.